The van der Waals surface area contributed by atoms with Crippen molar-refractivity contribution >= 4 is 21.2 Å². The van der Waals surface area contributed by atoms with Gasteiger partial charge in [-0.15, -0.1) is 0 Å². The Kier molecular flexibility index (Phi) is 4.01. The SMILES string of the molecule is CCS(=O)(=O)NCCc1nc2c([nH]1)c(=O)n(C)c(=O)n2C. The first-order valence-corrected chi connectivity index (χ1v) is 8.04. The Hall–Kier alpha value is -1.94. The molecule has 0 saturated heterocycles. The minimum absolute atomic E-state index is 0.00216. The molecule has 9 nitrogen and oxygen atoms in total. The second kappa shape index (κ2) is 5.45. The van der Waals surface area contributed by atoms with Crippen molar-refractivity contribution in [1.29, 1.82) is 0 Å². The minimum atomic E-state index is -3.26. The molecule has 0 bridgehead atoms. The normalized spacial score (nSPS) is 12.1. The molecule has 0 spiro atoms. The molecule has 2 aromatic heterocycles. The average Bonchev–Trinajstić information content (AvgIpc) is 2.87. The van der Waals surface area contributed by atoms with Gasteiger partial charge in [0, 0.05) is 27.1 Å². The van der Waals surface area contributed by atoms with Crippen molar-refractivity contribution < 1.29 is 8.42 Å². The van der Waals surface area contributed by atoms with Gasteiger partial charge in [-0.25, -0.2) is 22.9 Å². The highest BCUT2D eigenvalue weighted by Crippen LogP contribution is 2.04. The van der Waals surface area contributed by atoms with Crippen LogP contribution in [0.4, 0.5) is 0 Å². The van der Waals surface area contributed by atoms with Crippen molar-refractivity contribution in [3.63, 3.8) is 0 Å². The van der Waals surface area contributed by atoms with Crippen molar-refractivity contribution in [3.8, 4) is 0 Å². The summed E-state index contributed by atoms with van der Waals surface area (Å²) < 4.78 is 27.3. The predicted octanol–water partition coefficient (Wildman–Crippen LogP) is -1.56. The van der Waals surface area contributed by atoms with Gasteiger partial charge in [0.15, 0.2) is 5.65 Å². The maximum Gasteiger partial charge on any atom is 0.332 e. The highest BCUT2D eigenvalue weighted by atomic mass is 32.2. The lowest BCUT2D eigenvalue weighted by Crippen LogP contribution is -2.36. The lowest BCUT2D eigenvalue weighted by molar-refractivity contribution is 0.582. The summed E-state index contributed by atoms with van der Waals surface area (Å²) in [7, 11) is -0.351. The first kappa shape index (κ1) is 15.4. The van der Waals surface area contributed by atoms with Crippen LogP contribution in [-0.2, 0) is 30.5 Å². The Morgan fingerprint density at radius 1 is 1.24 bits per heavy atom. The zero-order valence-electron chi connectivity index (χ0n) is 12.0. The van der Waals surface area contributed by atoms with E-state index in [4.69, 9.17) is 0 Å². The summed E-state index contributed by atoms with van der Waals surface area (Å²) in [5.74, 6) is 0.449. The highest BCUT2D eigenvalue weighted by Gasteiger charge is 2.13. The Labute approximate surface area is 120 Å². The van der Waals surface area contributed by atoms with Gasteiger partial charge in [-0.3, -0.25) is 13.9 Å². The zero-order chi connectivity index (χ0) is 15.8. The number of aryl methyl sites for hydroxylation is 1. The van der Waals surface area contributed by atoms with Crippen LogP contribution in [0.5, 0.6) is 0 Å². The van der Waals surface area contributed by atoms with E-state index in [1.165, 1.54) is 18.7 Å². The van der Waals surface area contributed by atoms with Crippen LogP contribution in [0.2, 0.25) is 0 Å². The van der Waals surface area contributed by atoms with E-state index in [9.17, 15) is 18.0 Å². The highest BCUT2D eigenvalue weighted by molar-refractivity contribution is 7.89. The molecule has 0 aromatic carbocycles. The van der Waals surface area contributed by atoms with Crippen molar-refractivity contribution in [2.45, 2.75) is 13.3 Å². The number of imidazole rings is 1. The van der Waals surface area contributed by atoms with Crippen molar-refractivity contribution in [3.05, 3.63) is 26.7 Å². The molecule has 0 saturated carbocycles. The van der Waals surface area contributed by atoms with E-state index in [1.807, 2.05) is 0 Å². The molecule has 2 rings (SSSR count). The second-order valence-electron chi connectivity index (χ2n) is 4.64. The van der Waals surface area contributed by atoms with E-state index in [2.05, 4.69) is 14.7 Å². The third-order valence-corrected chi connectivity index (χ3v) is 4.61. The summed E-state index contributed by atoms with van der Waals surface area (Å²) in [5.41, 5.74) is -0.428. The molecule has 2 heterocycles. The summed E-state index contributed by atoms with van der Waals surface area (Å²) in [4.78, 5) is 30.8. The van der Waals surface area contributed by atoms with E-state index in [1.54, 1.807) is 6.92 Å². The molecular formula is C11H17N5O4S. The molecular weight excluding hydrogens is 298 g/mol. The van der Waals surface area contributed by atoms with Gasteiger partial charge in [0.05, 0.1) is 5.75 Å². The van der Waals surface area contributed by atoms with Gasteiger partial charge >= 0.3 is 5.69 Å². The summed E-state index contributed by atoms with van der Waals surface area (Å²) in [6.45, 7) is 1.72. The van der Waals surface area contributed by atoms with Crippen molar-refractivity contribution in [2.75, 3.05) is 12.3 Å². The number of sulfonamides is 1. The quantitative estimate of drug-likeness (QED) is 0.692. The van der Waals surface area contributed by atoms with E-state index in [-0.39, 0.29) is 23.5 Å². The Bertz CT molecular complexity index is 890. The molecule has 2 N–H and O–H groups in total. The molecule has 2 aromatic rings. The van der Waals surface area contributed by atoms with Crippen LogP contribution in [0, 0.1) is 0 Å². The standard InChI is InChI=1S/C11H17N5O4S/c1-4-21(19,20)12-6-5-7-13-8-9(14-7)15(2)11(18)16(3)10(8)17/h12H,4-6H2,1-3H3,(H,13,14). The molecule has 0 aliphatic carbocycles. The monoisotopic (exact) mass is 315 g/mol. The molecule has 10 heteroatoms. The number of aromatic amines is 1. The van der Waals surface area contributed by atoms with E-state index in [0.29, 0.717) is 12.2 Å². The van der Waals surface area contributed by atoms with Gasteiger partial charge in [-0.05, 0) is 6.92 Å². The van der Waals surface area contributed by atoms with Crippen LogP contribution in [0.1, 0.15) is 12.7 Å². The maximum absolute atomic E-state index is 12.0. The number of rotatable bonds is 5. The topological polar surface area (TPSA) is 119 Å². The van der Waals surface area contributed by atoms with Crippen LogP contribution in [0.3, 0.4) is 0 Å². The van der Waals surface area contributed by atoms with E-state index >= 15 is 0 Å². The minimum Gasteiger partial charge on any atom is -0.336 e. The summed E-state index contributed by atoms with van der Waals surface area (Å²) in [6, 6.07) is 0. The van der Waals surface area contributed by atoms with Crippen LogP contribution >= 0.6 is 0 Å². The number of fused-ring (bicyclic) bond motifs is 1. The molecule has 0 aliphatic heterocycles. The fourth-order valence-electron chi connectivity index (χ4n) is 1.92. The first-order chi connectivity index (χ1) is 9.76. The third kappa shape index (κ3) is 2.90. The number of H-pyrrole nitrogens is 1. The Morgan fingerprint density at radius 2 is 1.90 bits per heavy atom. The van der Waals surface area contributed by atoms with Gasteiger partial charge in [0.2, 0.25) is 10.0 Å². The third-order valence-electron chi connectivity index (χ3n) is 3.21. The van der Waals surface area contributed by atoms with Gasteiger partial charge < -0.3 is 4.98 Å². The predicted molar refractivity (Wildman–Crippen MR) is 77.7 cm³/mol. The Balaban J connectivity index is 2.33. The molecule has 0 atom stereocenters. The van der Waals surface area contributed by atoms with E-state index in [0.717, 1.165) is 4.57 Å². The molecule has 21 heavy (non-hydrogen) atoms. The van der Waals surface area contributed by atoms with Gasteiger partial charge in [-0.2, -0.15) is 0 Å². The molecule has 0 fully saturated rings. The molecule has 116 valence electrons. The lowest BCUT2D eigenvalue weighted by Gasteiger charge is -2.01. The van der Waals surface area contributed by atoms with Gasteiger partial charge in [-0.1, -0.05) is 0 Å². The summed E-state index contributed by atoms with van der Waals surface area (Å²) in [5, 5.41) is 0. The number of hydrogen-bond donors (Lipinski definition) is 2. The number of hydrogen-bond acceptors (Lipinski definition) is 5. The second-order valence-corrected chi connectivity index (χ2v) is 6.73. The van der Waals surface area contributed by atoms with E-state index < -0.39 is 21.3 Å². The maximum atomic E-state index is 12.0. The summed E-state index contributed by atoms with van der Waals surface area (Å²) >= 11 is 0. The molecule has 0 aliphatic rings. The van der Waals surface area contributed by atoms with Crippen LogP contribution < -0.4 is 16.0 Å². The lowest BCUT2D eigenvalue weighted by atomic mass is 10.4. The Morgan fingerprint density at radius 3 is 2.52 bits per heavy atom. The molecule has 0 unspecified atom stereocenters. The molecule has 0 radical (unpaired) electrons. The summed E-state index contributed by atoms with van der Waals surface area (Å²) in [6.07, 6.45) is 0.297. The molecule has 0 amide bonds. The average molecular weight is 315 g/mol. The number of nitrogens with zero attached hydrogens (tertiary/aromatic N) is 3. The van der Waals surface area contributed by atoms with Crippen LogP contribution in [0.15, 0.2) is 9.59 Å². The first-order valence-electron chi connectivity index (χ1n) is 6.38. The number of aromatic nitrogens is 4. The van der Waals surface area contributed by atoms with Crippen LogP contribution in [-0.4, -0.2) is 39.8 Å². The zero-order valence-corrected chi connectivity index (χ0v) is 12.8. The van der Waals surface area contributed by atoms with Crippen molar-refractivity contribution in [1.82, 2.24) is 23.8 Å². The van der Waals surface area contributed by atoms with Crippen molar-refractivity contribution in [2.24, 2.45) is 14.1 Å². The van der Waals surface area contributed by atoms with Gasteiger partial charge in [0.1, 0.15) is 11.3 Å². The fraction of sp³-hybridized carbons (Fsp3) is 0.545. The largest absolute Gasteiger partial charge is 0.336 e. The van der Waals surface area contributed by atoms with Gasteiger partial charge in [0.25, 0.3) is 5.56 Å². The smallest absolute Gasteiger partial charge is 0.332 e. The fourth-order valence-corrected chi connectivity index (χ4v) is 2.54. The van der Waals surface area contributed by atoms with Crippen LogP contribution in [0.25, 0.3) is 11.2 Å². The number of nitrogens with one attached hydrogen (secondary N) is 2.